The lowest BCUT2D eigenvalue weighted by Crippen LogP contribution is -2.48. The Morgan fingerprint density at radius 1 is 0.967 bits per heavy atom. The molecule has 0 saturated carbocycles. The van der Waals surface area contributed by atoms with Gasteiger partial charge in [-0.15, -0.1) is 0 Å². The van der Waals surface area contributed by atoms with Gasteiger partial charge in [-0.1, -0.05) is 31.0 Å². The van der Waals surface area contributed by atoms with Gasteiger partial charge in [0, 0.05) is 0 Å². The maximum Gasteiger partial charge on any atom is 0.351 e. The van der Waals surface area contributed by atoms with Crippen LogP contribution in [0.15, 0.2) is 53.4 Å². The van der Waals surface area contributed by atoms with Crippen molar-refractivity contribution >= 4 is 27.8 Å². The Kier molecular flexibility index (Phi) is 5.90. The number of fused-ring (bicyclic) bond motifs is 1. The van der Waals surface area contributed by atoms with Crippen molar-refractivity contribution < 1.29 is 32.4 Å². The molecule has 0 spiro atoms. The number of amides is 2. The first-order valence-corrected chi connectivity index (χ1v) is 10.5. The van der Waals surface area contributed by atoms with Crippen LogP contribution in [0.2, 0.25) is 0 Å². The molecule has 1 heterocycles. The van der Waals surface area contributed by atoms with E-state index in [2.05, 4.69) is 4.72 Å². The van der Waals surface area contributed by atoms with Crippen molar-refractivity contribution in [3.63, 3.8) is 0 Å². The maximum absolute atomic E-state index is 12.7. The third kappa shape index (κ3) is 4.05. The zero-order valence-corrected chi connectivity index (χ0v) is 17.3. The quantitative estimate of drug-likeness (QED) is 0.662. The van der Waals surface area contributed by atoms with E-state index < -0.39 is 39.8 Å². The summed E-state index contributed by atoms with van der Waals surface area (Å²) in [4.78, 5) is 42.4. The first-order valence-electron chi connectivity index (χ1n) is 9.01. The van der Waals surface area contributed by atoms with Crippen LogP contribution in [-0.2, 0) is 19.7 Å². The van der Waals surface area contributed by atoms with Crippen LogP contribution in [0.4, 0.5) is 0 Å². The molecule has 158 valence electrons. The molecule has 0 aliphatic carbocycles. The molecule has 1 unspecified atom stereocenters. The third-order valence-electron chi connectivity index (χ3n) is 4.51. The number of carbonyl (C=O) groups excluding carboxylic acids is 3. The second-order valence-electron chi connectivity index (χ2n) is 6.88. The predicted octanol–water partition coefficient (Wildman–Crippen LogP) is 1.75. The van der Waals surface area contributed by atoms with Crippen molar-refractivity contribution in [1.82, 2.24) is 9.79 Å². The van der Waals surface area contributed by atoms with Gasteiger partial charge in [0.25, 0.3) is 11.8 Å². The normalized spacial score (nSPS) is 14.6. The Bertz CT molecular complexity index is 1060. The summed E-state index contributed by atoms with van der Waals surface area (Å²) in [5.41, 5.74) is 0.213. The molecular weight excluding hydrogens is 412 g/mol. The number of imide groups is 1. The molecule has 30 heavy (non-hydrogen) atoms. The van der Waals surface area contributed by atoms with Gasteiger partial charge in [-0.2, -0.15) is 4.72 Å². The molecule has 0 radical (unpaired) electrons. The highest BCUT2D eigenvalue weighted by Gasteiger charge is 2.41. The molecule has 0 bridgehead atoms. The Labute approximate surface area is 173 Å². The van der Waals surface area contributed by atoms with E-state index in [0.717, 1.165) is 0 Å². The van der Waals surface area contributed by atoms with E-state index in [4.69, 9.17) is 9.57 Å². The molecule has 9 nitrogen and oxygen atoms in total. The lowest BCUT2D eigenvalue weighted by Gasteiger charge is -2.22. The van der Waals surface area contributed by atoms with E-state index in [9.17, 15) is 22.8 Å². The first kappa shape index (κ1) is 21.5. The van der Waals surface area contributed by atoms with Crippen LogP contribution in [0.1, 0.15) is 34.6 Å². The molecule has 3 rings (SSSR count). The van der Waals surface area contributed by atoms with Crippen molar-refractivity contribution in [2.75, 3.05) is 7.11 Å². The predicted molar refractivity (Wildman–Crippen MR) is 105 cm³/mol. The van der Waals surface area contributed by atoms with Gasteiger partial charge in [0.15, 0.2) is 0 Å². The lowest BCUT2D eigenvalue weighted by molar-refractivity contribution is -0.171. The van der Waals surface area contributed by atoms with Crippen LogP contribution in [0.5, 0.6) is 5.75 Å². The summed E-state index contributed by atoms with van der Waals surface area (Å²) < 4.78 is 32.7. The summed E-state index contributed by atoms with van der Waals surface area (Å²) in [6.07, 6.45) is 0. The number of hydrogen-bond donors (Lipinski definition) is 1. The third-order valence-corrected chi connectivity index (χ3v) is 5.97. The number of rotatable bonds is 7. The minimum atomic E-state index is -4.08. The Hall–Kier alpha value is -3.24. The molecule has 0 fully saturated rings. The zero-order chi connectivity index (χ0) is 22.1. The second-order valence-corrected chi connectivity index (χ2v) is 8.59. The molecule has 2 aromatic rings. The summed E-state index contributed by atoms with van der Waals surface area (Å²) in [6.45, 7) is 3.20. The van der Waals surface area contributed by atoms with Gasteiger partial charge >= 0.3 is 5.97 Å². The van der Waals surface area contributed by atoms with Crippen LogP contribution in [0.3, 0.4) is 0 Å². The van der Waals surface area contributed by atoms with E-state index in [1.165, 1.54) is 43.5 Å². The van der Waals surface area contributed by atoms with Crippen LogP contribution in [0.25, 0.3) is 0 Å². The Morgan fingerprint density at radius 2 is 1.50 bits per heavy atom. The molecule has 1 atom stereocenters. The molecule has 0 aromatic heterocycles. The average molecular weight is 432 g/mol. The van der Waals surface area contributed by atoms with Crippen molar-refractivity contribution in [2.45, 2.75) is 24.8 Å². The topological polar surface area (TPSA) is 119 Å². The van der Waals surface area contributed by atoms with Gasteiger partial charge in [0.1, 0.15) is 11.8 Å². The van der Waals surface area contributed by atoms with Crippen molar-refractivity contribution in [3.05, 3.63) is 59.7 Å². The molecule has 1 aliphatic rings. The number of hydroxylamine groups is 2. The summed E-state index contributed by atoms with van der Waals surface area (Å²) in [5.74, 6) is -2.70. The molecule has 1 N–H and O–H groups in total. The summed E-state index contributed by atoms with van der Waals surface area (Å²) in [7, 11) is -2.63. The van der Waals surface area contributed by atoms with E-state index in [0.29, 0.717) is 10.8 Å². The number of nitrogens with zero attached hydrogens (tertiary/aromatic N) is 1. The number of nitrogens with one attached hydrogen (secondary N) is 1. The second kappa shape index (κ2) is 8.25. The van der Waals surface area contributed by atoms with Crippen LogP contribution in [0, 0.1) is 5.92 Å². The molecule has 10 heteroatoms. The van der Waals surface area contributed by atoms with E-state index in [-0.39, 0.29) is 16.0 Å². The Morgan fingerprint density at radius 3 is 1.97 bits per heavy atom. The van der Waals surface area contributed by atoms with E-state index in [1.807, 2.05) is 0 Å². The number of carbonyl (C=O) groups is 3. The van der Waals surface area contributed by atoms with Crippen molar-refractivity contribution in [3.8, 4) is 5.75 Å². The maximum atomic E-state index is 12.7. The number of hydrogen-bond acceptors (Lipinski definition) is 7. The molecule has 2 aromatic carbocycles. The number of benzene rings is 2. The first-order chi connectivity index (χ1) is 14.2. The standard InChI is InChI=1S/C20H20N2O7S/c1-12(2)17(21-30(26,27)14-10-8-13(28-3)9-11-14)20(25)29-22-18(23)15-6-4-5-7-16(15)19(22)24/h4-12,17,21H,1-3H3. The summed E-state index contributed by atoms with van der Waals surface area (Å²) in [5, 5.41) is 0.351. The molecule has 1 aliphatic heterocycles. The molecular formula is C20H20N2O7S. The van der Waals surface area contributed by atoms with E-state index in [1.54, 1.807) is 26.0 Å². The number of sulfonamides is 1. The zero-order valence-electron chi connectivity index (χ0n) is 16.5. The summed E-state index contributed by atoms with van der Waals surface area (Å²) in [6, 6.07) is 10.3. The fourth-order valence-corrected chi connectivity index (χ4v) is 4.18. The van der Waals surface area contributed by atoms with Gasteiger partial charge in [-0.05, 0) is 42.3 Å². The van der Waals surface area contributed by atoms with Crippen LogP contribution in [-0.4, -0.2) is 44.4 Å². The lowest BCUT2D eigenvalue weighted by atomic mass is 10.1. The van der Waals surface area contributed by atoms with Crippen molar-refractivity contribution in [2.24, 2.45) is 5.92 Å². The fourth-order valence-electron chi connectivity index (χ4n) is 2.84. The van der Waals surface area contributed by atoms with Gasteiger partial charge in [-0.3, -0.25) is 9.59 Å². The van der Waals surface area contributed by atoms with Crippen LogP contribution >= 0.6 is 0 Å². The highest BCUT2D eigenvalue weighted by molar-refractivity contribution is 7.89. The van der Waals surface area contributed by atoms with Gasteiger partial charge < -0.3 is 9.57 Å². The van der Waals surface area contributed by atoms with Crippen LogP contribution < -0.4 is 9.46 Å². The van der Waals surface area contributed by atoms with Gasteiger partial charge in [0.2, 0.25) is 10.0 Å². The summed E-state index contributed by atoms with van der Waals surface area (Å²) >= 11 is 0. The smallest absolute Gasteiger partial charge is 0.351 e. The average Bonchev–Trinajstić information content (AvgIpc) is 2.97. The molecule has 0 saturated heterocycles. The largest absolute Gasteiger partial charge is 0.497 e. The van der Waals surface area contributed by atoms with Gasteiger partial charge in [-0.25, -0.2) is 13.2 Å². The highest BCUT2D eigenvalue weighted by Crippen LogP contribution is 2.24. The molecule has 2 amide bonds. The van der Waals surface area contributed by atoms with Gasteiger partial charge in [0.05, 0.1) is 23.1 Å². The Balaban J connectivity index is 1.79. The van der Waals surface area contributed by atoms with E-state index >= 15 is 0 Å². The minimum Gasteiger partial charge on any atom is -0.497 e. The highest BCUT2D eigenvalue weighted by atomic mass is 32.2. The van der Waals surface area contributed by atoms with Crippen molar-refractivity contribution in [1.29, 1.82) is 0 Å². The minimum absolute atomic E-state index is 0.0810. The number of methoxy groups -OCH3 is 1. The number of ether oxygens (including phenoxy) is 1. The SMILES string of the molecule is COc1ccc(S(=O)(=O)NC(C(=O)ON2C(=O)c3ccccc3C2=O)C(C)C)cc1. The fraction of sp³-hybridized carbons (Fsp3) is 0.250. The monoisotopic (exact) mass is 432 g/mol.